The number of benzene rings is 1. The second kappa shape index (κ2) is 5.51. The van der Waals surface area contributed by atoms with Gasteiger partial charge in [0, 0.05) is 25.1 Å². The first-order chi connectivity index (χ1) is 8.99. The molecule has 1 aromatic carbocycles. The van der Waals surface area contributed by atoms with Crippen LogP contribution in [0, 0.1) is 5.92 Å². The molecule has 1 saturated heterocycles. The smallest absolute Gasteiger partial charge is 0.225 e. The summed E-state index contributed by atoms with van der Waals surface area (Å²) in [7, 11) is 0. The van der Waals surface area contributed by atoms with Gasteiger partial charge in [-0.3, -0.25) is 4.79 Å². The van der Waals surface area contributed by atoms with Crippen LogP contribution >= 0.6 is 0 Å². The van der Waals surface area contributed by atoms with Crippen molar-refractivity contribution in [1.82, 2.24) is 4.90 Å². The van der Waals surface area contributed by atoms with Crippen molar-refractivity contribution in [3.63, 3.8) is 0 Å². The maximum Gasteiger partial charge on any atom is 0.225 e. The molecule has 0 aromatic heterocycles. The van der Waals surface area contributed by atoms with Gasteiger partial charge in [-0.05, 0) is 30.4 Å². The van der Waals surface area contributed by atoms with E-state index in [0.29, 0.717) is 0 Å². The predicted molar refractivity (Wildman–Crippen MR) is 73.2 cm³/mol. The summed E-state index contributed by atoms with van der Waals surface area (Å²) in [5.41, 5.74) is 0.870. The van der Waals surface area contributed by atoms with Crippen LogP contribution in [0.25, 0.3) is 0 Å². The Balaban J connectivity index is 2.02. The first-order valence-corrected chi connectivity index (χ1v) is 6.79. The molecule has 4 nitrogen and oxygen atoms in total. The summed E-state index contributed by atoms with van der Waals surface area (Å²) in [6.07, 6.45) is 1.72. The number of phenols is 2. The Labute approximate surface area is 113 Å². The van der Waals surface area contributed by atoms with Gasteiger partial charge < -0.3 is 15.1 Å². The largest absolute Gasteiger partial charge is 0.508 e. The molecule has 104 valence electrons. The molecule has 2 rings (SSSR count). The van der Waals surface area contributed by atoms with E-state index in [1.54, 1.807) is 12.1 Å². The minimum atomic E-state index is 0.0404. The lowest BCUT2D eigenvalue weighted by Gasteiger charge is -2.33. The van der Waals surface area contributed by atoms with E-state index in [0.717, 1.165) is 31.5 Å². The Bertz CT molecular complexity index is 462. The van der Waals surface area contributed by atoms with Gasteiger partial charge in [-0.1, -0.05) is 19.9 Å². The zero-order chi connectivity index (χ0) is 14.0. The van der Waals surface area contributed by atoms with Crippen molar-refractivity contribution >= 4 is 5.91 Å². The van der Waals surface area contributed by atoms with E-state index < -0.39 is 0 Å². The molecule has 0 unspecified atom stereocenters. The summed E-state index contributed by atoms with van der Waals surface area (Å²) >= 11 is 0. The maximum atomic E-state index is 11.9. The number of piperidine rings is 1. The van der Waals surface area contributed by atoms with Crippen molar-refractivity contribution < 1.29 is 15.0 Å². The zero-order valence-electron chi connectivity index (χ0n) is 11.5. The number of amides is 1. The maximum absolute atomic E-state index is 11.9. The van der Waals surface area contributed by atoms with Crippen molar-refractivity contribution in [1.29, 1.82) is 0 Å². The van der Waals surface area contributed by atoms with E-state index in [4.69, 9.17) is 0 Å². The van der Waals surface area contributed by atoms with Gasteiger partial charge in [0.1, 0.15) is 11.5 Å². The summed E-state index contributed by atoms with van der Waals surface area (Å²) in [6.45, 7) is 5.31. The number of rotatable bonds is 2. The molecule has 1 heterocycles. The lowest BCUT2D eigenvalue weighted by atomic mass is 9.88. The monoisotopic (exact) mass is 263 g/mol. The van der Waals surface area contributed by atoms with E-state index >= 15 is 0 Å². The number of nitrogens with zero attached hydrogens (tertiary/aromatic N) is 1. The fourth-order valence-electron chi connectivity index (χ4n) is 2.65. The first kappa shape index (κ1) is 13.7. The van der Waals surface area contributed by atoms with Crippen LogP contribution in [0.5, 0.6) is 11.5 Å². The minimum absolute atomic E-state index is 0.0404. The minimum Gasteiger partial charge on any atom is -0.508 e. The average molecular weight is 263 g/mol. The van der Waals surface area contributed by atoms with Gasteiger partial charge in [0.15, 0.2) is 0 Å². The van der Waals surface area contributed by atoms with E-state index in [-0.39, 0.29) is 29.2 Å². The molecule has 1 aliphatic heterocycles. The Morgan fingerprint density at radius 3 is 2.42 bits per heavy atom. The zero-order valence-corrected chi connectivity index (χ0v) is 11.5. The number of aromatic hydroxyl groups is 2. The molecule has 19 heavy (non-hydrogen) atoms. The highest BCUT2D eigenvalue weighted by molar-refractivity contribution is 5.78. The Morgan fingerprint density at radius 1 is 1.26 bits per heavy atom. The van der Waals surface area contributed by atoms with Crippen molar-refractivity contribution in [2.75, 3.05) is 13.1 Å². The van der Waals surface area contributed by atoms with Gasteiger partial charge in [-0.15, -0.1) is 0 Å². The molecular formula is C15H21NO3. The van der Waals surface area contributed by atoms with Crippen LogP contribution in [0.3, 0.4) is 0 Å². The van der Waals surface area contributed by atoms with Gasteiger partial charge in [0.2, 0.25) is 5.91 Å². The number of likely N-dealkylation sites (tertiary alicyclic amines) is 1. The number of hydrogen-bond donors (Lipinski definition) is 2. The van der Waals surface area contributed by atoms with Crippen LogP contribution in [-0.4, -0.2) is 34.1 Å². The summed E-state index contributed by atoms with van der Waals surface area (Å²) in [6, 6.07) is 4.75. The van der Waals surface area contributed by atoms with Crippen LogP contribution in [0.1, 0.15) is 38.2 Å². The van der Waals surface area contributed by atoms with Gasteiger partial charge in [0.05, 0.1) is 0 Å². The molecule has 2 N–H and O–H groups in total. The van der Waals surface area contributed by atoms with Crippen LogP contribution in [-0.2, 0) is 4.79 Å². The SMILES string of the molecule is CC(C)C(=O)N1CCC(c2ccc(O)cc2O)CC1. The Kier molecular flexibility index (Phi) is 3.98. The molecule has 1 fully saturated rings. The lowest BCUT2D eigenvalue weighted by molar-refractivity contribution is -0.135. The number of carbonyl (C=O) groups is 1. The van der Waals surface area contributed by atoms with Crippen LogP contribution in [0.15, 0.2) is 18.2 Å². The lowest BCUT2D eigenvalue weighted by Crippen LogP contribution is -2.40. The third-order valence-electron chi connectivity index (χ3n) is 3.75. The number of phenolic OH excluding ortho intramolecular Hbond substituents is 2. The quantitative estimate of drug-likeness (QED) is 0.861. The van der Waals surface area contributed by atoms with E-state index in [2.05, 4.69) is 0 Å². The van der Waals surface area contributed by atoms with Crippen LogP contribution in [0.2, 0.25) is 0 Å². The van der Waals surface area contributed by atoms with Gasteiger partial charge >= 0.3 is 0 Å². The number of carbonyl (C=O) groups excluding carboxylic acids is 1. The second-order valence-electron chi connectivity index (χ2n) is 5.50. The molecule has 1 aromatic rings. The molecule has 0 atom stereocenters. The highest BCUT2D eigenvalue weighted by Gasteiger charge is 2.26. The van der Waals surface area contributed by atoms with E-state index in [1.807, 2.05) is 18.7 Å². The third-order valence-corrected chi connectivity index (χ3v) is 3.75. The molecular weight excluding hydrogens is 242 g/mol. The molecule has 0 bridgehead atoms. The second-order valence-corrected chi connectivity index (χ2v) is 5.50. The highest BCUT2D eigenvalue weighted by Crippen LogP contribution is 2.35. The molecule has 0 aliphatic carbocycles. The van der Waals surface area contributed by atoms with Crippen LogP contribution < -0.4 is 0 Å². The molecule has 0 spiro atoms. The van der Waals surface area contributed by atoms with E-state index in [9.17, 15) is 15.0 Å². The topological polar surface area (TPSA) is 60.8 Å². The molecule has 0 saturated carbocycles. The fraction of sp³-hybridized carbons (Fsp3) is 0.533. The normalized spacial score (nSPS) is 16.9. The number of hydrogen-bond acceptors (Lipinski definition) is 3. The van der Waals surface area contributed by atoms with Gasteiger partial charge in [-0.25, -0.2) is 0 Å². The van der Waals surface area contributed by atoms with Crippen molar-refractivity contribution in [2.45, 2.75) is 32.6 Å². The Morgan fingerprint density at radius 2 is 1.89 bits per heavy atom. The first-order valence-electron chi connectivity index (χ1n) is 6.79. The average Bonchev–Trinajstić information content (AvgIpc) is 2.38. The summed E-state index contributed by atoms with van der Waals surface area (Å²) < 4.78 is 0. The predicted octanol–water partition coefficient (Wildman–Crippen LogP) is 2.46. The standard InChI is InChI=1S/C15H21NO3/c1-10(2)15(19)16-7-5-11(6-8-16)13-4-3-12(17)9-14(13)18/h3-4,9-11,17-18H,5-8H2,1-2H3. The van der Waals surface area contributed by atoms with Crippen molar-refractivity contribution in [3.8, 4) is 11.5 Å². The molecule has 4 heteroatoms. The van der Waals surface area contributed by atoms with E-state index in [1.165, 1.54) is 6.07 Å². The summed E-state index contributed by atoms with van der Waals surface area (Å²) in [5.74, 6) is 0.728. The van der Waals surface area contributed by atoms with Gasteiger partial charge in [0.25, 0.3) is 0 Å². The van der Waals surface area contributed by atoms with Crippen molar-refractivity contribution in [3.05, 3.63) is 23.8 Å². The molecule has 0 radical (unpaired) electrons. The van der Waals surface area contributed by atoms with Crippen LogP contribution in [0.4, 0.5) is 0 Å². The highest BCUT2D eigenvalue weighted by atomic mass is 16.3. The fourth-order valence-corrected chi connectivity index (χ4v) is 2.65. The summed E-state index contributed by atoms with van der Waals surface area (Å²) in [5, 5.41) is 19.2. The summed E-state index contributed by atoms with van der Waals surface area (Å²) in [4.78, 5) is 13.8. The Hall–Kier alpha value is -1.71. The molecule has 1 amide bonds. The molecule has 1 aliphatic rings. The third kappa shape index (κ3) is 3.00. The van der Waals surface area contributed by atoms with Crippen molar-refractivity contribution in [2.24, 2.45) is 5.92 Å². The van der Waals surface area contributed by atoms with Gasteiger partial charge in [-0.2, -0.15) is 0 Å².